The Morgan fingerprint density at radius 1 is 1.16 bits per heavy atom. The average Bonchev–Trinajstić information content (AvgIpc) is 3.09. The maximum absolute atomic E-state index is 14.4. The fourth-order valence-corrected chi connectivity index (χ4v) is 6.69. The smallest absolute Gasteiger partial charge is 0.219 e. The molecular weight excluding hydrogens is 398 g/mol. The van der Waals surface area contributed by atoms with Crippen molar-refractivity contribution in [3.63, 3.8) is 0 Å². The number of hydrogen-bond donors (Lipinski definition) is 0. The highest BCUT2D eigenvalue weighted by atomic mass is 19.1. The summed E-state index contributed by atoms with van der Waals surface area (Å²) in [5, 5.41) is 8.93. The highest BCUT2D eigenvalue weighted by Gasteiger charge is 2.67. The van der Waals surface area contributed by atoms with Crippen LogP contribution in [0.4, 0.5) is 8.78 Å². The largest absolute Gasteiger partial charge is 0.336 e. The molecule has 164 valence electrons. The average molecular weight is 427 g/mol. The van der Waals surface area contributed by atoms with Crippen molar-refractivity contribution in [1.82, 2.24) is 20.0 Å². The van der Waals surface area contributed by atoms with Gasteiger partial charge in [0.1, 0.15) is 11.6 Å². The molecule has 1 aromatic heterocycles. The highest BCUT2D eigenvalue weighted by molar-refractivity contribution is 5.74. The van der Waals surface area contributed by atoms with Gasteiger partial charge in [0, 0.05) is 32.0 Å². The molecule has 0 N–H and O–H groups in total. The van der Waals surface area contributed by atoms with Gasteiger partial charge in [-0.05, 0) is 55.0 Å². The van der Waals surface area contributed by atoms with Crippen LogP contribution in [0.15, 0.2) is 24.3 Å². The number of likely N-dealkylation sites (N-methyl/N-ethyl adjacent to an activating group) is 1. The van der Waals surface area contributed by atoms with E-state index < -0.39 is 11.6 Å². The Morgan fingerprint density at radius 3 is 2.55 bits per heavy atom. The van der Waals surface area contributed by atoms with Crippen molar-refractivity contribution in [3.05, 3.63) is 47.2 Å². The van der Waals surface area contributed by atoms with E-state index in [-0.39, 0.29) is 40.0 Å². The van der Waals surface area contributed by atoms with Crippen molar-refractivity contribution in [2.45, 2.75) is 51.0 Å². The van der Waals surface area contributed by atoms with E-state index in [1.165, 1.54) is 18.2 Å². The van der Waals surface area contributed by atoms with Gasteiger partial charge in [0.15, 0.2) is 0 Å². The first-order valence-electron chi connectivity index (χ1n) is 11.0. The second-order valence-corrected chi connectivity index (χ2v) is 9.90. The molecule has 3 aliphatic rings. The molecule has 7 heteroatoms. The molecule has 31 heavy (non-hydrogen) atoms. The van der Waals surface area contributed by atoms with Crippen LogP contribution in [0.25, 0.3) is 11.3 Å². The molecular formula is C24H28F2N4O. The summed E-state index contributed by atoms with van der Waals surface area (Å²) in [6.45, 7) is 8.46. The van der Waals surface area contributed by atoms with E-state index in [1.54, 1.807) is 6.92 Å². The topological polar surface area (TPSA) is 49.3 Å². The Kier molecular flexibility index (Phi) is 4.49. The lowest BCUT2D eigenvalue weighted by atomic mass is 9.63. The molecule has 2 aromatic rings. The van der Waals surface area contributed by atoms with Crippen LogP contribution in [-0.2, 0) is 10.2 Å². The first-order chi connectivity index (χ1) is 14.7. The van der Waals surface area contributed by atoms with Crippen LogP contribution in [0.5, 0.6) is 0 Å². The fourth-order valence-electron chi connectivity index (χ4n) is 6.69. The van der Waals surface area contributed by atoms with Crippen LogP contribution in [0, 0.1) is 17.0 Å². The van der Waals surface area contributed by atoms with Gasteiger partial charge in [-0.15, -0.1) is 0 Å². The first-order valence-corrected chi connectivity index (χ1v) is 11.0. The first kappa shape index (κ1) is 20.5. The van der Waals surface area contributed by atoms with E-state index in [4.69, 9.17) is 0 Å². The Morgan fingerprint density at radius 2 is 1.87 bits per heavy atom. The number of hydrogen-bond acceptors (Lipinski definition) is 4. The maximum atomic E-state index is 14.4. The Labute approximate surface area is 181 Å². The SMILES string of the molecule is CC(=O)N1CCN(C)CC1C12CCC(c3cc(-c4c(F)cccc4F)nnc31)C2(C)C. The number of rotatable bonds is 2. The zero-order valence-corrected chi connectivity index (χ0v) is 18.5. The summed E-state index contributed by atoms with van der Waals surface area (Å²) >= 11 is 0. The van der Waals surface area contributed by atoms with Crippen molar-refractivity contribution >= 4 is 5.91 Å². The Balaban J connectivity index is 1.67. The fraction of sp³-hybridized carbons (Fsp3) is 0.542. The van der Waals surface area contributed by atoms with Gasteiger partial charge in [-0.3, -0.25) is 4.79 Å². The van der Waals surface area contributed by atoms with Crippen molar-refractivity contribution in [2.75, 3.05) is 26.7 Å². The number of carbonyl (C=O) groups is 1. The van der Waals surface area contributed by atoms with Crippen LogP contribution in [0.3, 0.4) is 0 Å². The van der Waals surface area contributed by atoms with Crippen LogP contribution in [-0.4, -0.2) is 58.6 Å². The van der Waals surface area contributed by atoms with Crippen molar-refractivity contribution < 1.29 is 13.6 Å². The number of benzene rings is 1. The molecule has 3 unspecified atom stereocenters. The summed E-state index contributed by atoms with van der Waals surface area (Å²) in [5.41, 5.74) is 1.56. The number of piperazine rings is 1. The standard InChI is InChI=1S/C24H28F2N4O/c1-14(31)30-11-10-29(4)13-20(30)24-9-8-16(23(24,2)3)15-12-19(27-28-22(15)24)21-17(25)6-5-7-18(21)26/h5-7,12,16,20H,8-11,13H2,1-4H3. The van der Waals surface area contributed by atoms with Gasteiger partial charge in [0.05, 0.1) is 23.0 Å². The van der Waals surface area contributed by atoms with Gasteiger partial charge in [0.2, 0.25) is 5.91 Å². The molecule has 3 atom stereocenters. The molecule has 2 bridgehead atoms. The van der Waals surface area contributed by atoms with E-state index in [2.05, 4.69) is 36.0 Å². The van der Waals surface area contributed by atoms with E-state index in [0.29, 0.717) is 6.54 Å². The normalized spacial score (nSPS) is 29.3. The number of halogens is 2. The summed E-state index contributed by atoms with van der Waals surface area (Å²) in [7, 11) is 2.09. The Bertz CT molecular complexity index is 1050. The van der Waals surface area contributed by atoms with Crippen LogP contribution >= 0.6 is 0 Å². The van der Waals surface area contributed by atoms with Crippen LogP contribution in [0.2, 0.25) is 0 Å². The van der Waals surface area contributed by atoms with Gasteiger partial charge in [-0.2, -0.15) is 10.2 Å². The van der Waals surface area contributed by atoms with Gasteiger partial charge in [-0.25, -0.2) is 8.78 Å². The molecule has 5 nitrogen and oxygen atoms in total. The zero-order valence-electron chi connectivity index (χ0n) is 18.5. The molecule has 0 radical (unpaired) electrons. The highest BCUT2D eigenvalue weighted by Crippen LogP contribution is 2.69. The molecule has 0 spiro atoms. The summed E-state index contributed by atoms with van der Waals surface area (Å²) in [5.74, 6) is -0.975. The number of aromatic nitrogens is 2. The van der Waals surface area contributed by atoms with Gasteiger partial charge >= 0.3 is 0 Å². The summed E-state index contributed by atoms with van der Waals surface area (Å²) in [4.78, 5) is 16.8. The molecule has 5 rings (SSSR count). The number of carbonyl (C=O) groups excluding carboxylic acids is 1. The minimum absolute atomic E-state index is 0.00431. The minimum atomic E-state index is -0.636. The van der Waals surface area contributed by atoms with E-state index in [9.17, 15) is 13.6 Å². The van der Waals surface area contributed by atoms with E-state index in [1.807, 2.05) is 11.0 Å². The minimum Gasteiger partial charge on any atom is -0.336 e. The molecule has 1 aromatic carbocycles. The lowest BCUT2D eigenvalue weighted by molar-refractivity contribution is -0.137. The van der Waals surface area contributed by atoms with Crippen LogP contribution in [0.1, 0.15) is 50.8 Å². The quantitative estimate of drug-likeness (QED) is 0.734. The van der Waals surface area contributed by atoms with Crippen molar-refractivity contribution in [2.24, 2.45) is 5.41 Å². The van der Waals surface area contributed by atoms with Crippen molar-refractivity contribution in [3.8, 4) is 11.3 Å². The predicted octanol–water partition coefficient (Wildman–Crippen LogP) is 3.74. The van der Waals surface area contributed by atoms with Gasteiger partial charge < -0.3 is 9.80 Å². The molecule has 2 heterocycles. The molecule has 1 aliphatic heterocycles. The van der Waals surface area contributed by atoms with E-state index >= 15 is 0 Å². The zero-order chi connectivity index (χ0) is 22.1. The van der Waals surface area contributed by atoms with Crippen LogP contribution < -0.4 is 0 Å². The summed E-state index contributed by atoms with van der Waals surface area (Å²) < 4.78 is 28.8. The lowest BCUT2D eigenvalue weighted by Gasteiger charge is -2.52. The lowest BCUT2D eigenvalue weighted by Crippen LogP contribution is -2.64. The number of amides is 1. The van der Waals surface area contributed by atoms with Crippen molar-refractivity contribution in [1.29, 1.82) is 0 Å². The Hall–Kier alpha value is -2.41. The molecule has 1 saturated heterocycles. The third-order valence-electron chi connectivity index (χ3n) is 8.25. The molecule has 2 aliphatic carbocycles. The molecule has 1 saturated carbocycles. The second kappa shape index (κ2) is 6.79. The monoisotopic (exact) mass is 426 g/mol. The predicted molar refractivity (Wildman–Crippen MR) is 113 cm³/mol. The summed E-state index contributed by atoms with van der Waals surface area (Å²) in [6, 6.07) is 5.67. The van der Waals surface area contributed by atoms with E-state index in [0.717, 1.165) is 37.2 Å². The third kappa shape index (κ3) is 2.65. The number of fused-ring (bicyclic) bond motifs is 5. The van der Waals surface area contributed by atoms with Gasteiger partial charge in [-0.1, -0.05) is 19.9 Å². The maximum Gasteiger partial charge on any atom is 0.219 e. The van der Waals surface area contributed by atoms with Gasteiger partial charge in [0.25, 0.3) is 0 Å². The third-order valence-corrected chi connectivity index (χ3v) is 8.25. The number of nitrogens with zero attached hydrogens (tertiary/aromatic N) is 4. The molecule has 1 amide bonds. The molecule has 2 fully saturated rings. The summed E-state index contributed by atoms with van der Waals surface area (Å²) in [6.07, 6.45) is 1.90. The second-order valence-electron chi connectivity index (χ2n) is 9.90.